The number of hydrogen-bond acceptors (Lipinski definition) is 6. The Hall–Kier alpha value is -3.30. The van der Waals surface area contributed by atoms with Crippen LogP contribution < -0.4 is 10.6 Å². The molecule has 0 aliphatic heterocycles. The summed E-state index contributed by atoms with van der Waals surface area (Å²) in [4.78, 5) is 35.4. The topological polar surface area (TPSA) is 111 Å². The Morgan fingerprint density at radius 3 is 2.63 bits per heavy atom. The number of aryl methyl sites for hydroxylation is 1. The predicted octanol–water partition coefficient (Wildman–Crippen LogP) is 1.95. The van der Waals surface area contributed by atoms with Crippen LogP contribution in [0.3, 0.4) is 0 Å². The first-order chi connectivity index (χ1) is 12.8. The van der Waals surface area contributed by atoms with Gasteiger partial charge in [-0.05, 0) is 26.0 Å². The van der Waals surface area contributed by atoms with Crippen molar-refractivity contribution in [1.82, 2.24) is 10.5 Å². The third kappa shape index (κ3) is 5.87. The standard InChI is InChI=1S/C17H17F2N3O5/c1-9-7-14(22-27-9)21-16(24)10(2)26-15(23)5-6-20-17(25)12-4-3-11(18)8-13(12)19/h3-4,7-8,10H,5-6H2,1-2H3,(H,20,25)(H,21,22,24). The highest BCUT2D eigenvalue weighted by Gasteiger charge is 2.19. The number of benzene rings is 1. The molecule has 1 aromatic heterocycles. The Bertz CT molecular complexity index is 853. The summed E-state index contributed by atoms with van der Waals surface area (Å²) in [5, 5.41) is 8.30. The molecule has 27 heavy (non-hydrogen) atoms. The van der Waals surface area contributed by atoms with Crippen LogP contribution in [0.1, 0.15) is 29.5 Å². The van der Waals surface area contributed by atoms with Crippen molar-refractivity contribution in [2.24, 2.45) is 0 Å². The second-order valence-corrected chi connectivity index (χ2v) is 5.57. The molecule has 2 amide bonds. The maximum Gasteiger partial charge on any atom is 0.308 e. The first-order valence-corrected chi connectivity index (χ1v) is 7.93. The molecule has 2 N–H and O–H groups in total. The molecule has 2 rings (SSSR count). The molecule has 0 saturated heterocycles. The second kappa shape index (κ2) is 8.88. The highest BCUT2D eigenvalue weighted by molar-refractivity contribution is 5.95. The van der Waals surface area contributed by atoms with Gasteiger partial charge in [0.1, 0.15) is 17.4 Å². The van der Waals surface area contributed by atoms with Crippen LogP contribution in [0.2, 0.25) is 0 Å². The molecule has 0 fully saturated rings. The summed E-state index contributed by atoms with van der Waals surface area (Å²) < 4.78 is 36.0. The second-order valence-electron chi connectivity index (χ2n) is 5.57. The Labute approximate surface area is 152 Å². The number of halogens is 2. The van der Waals surface area contributed by atoms with Crippen molar-refractivity contribution in [2.75, 3.05) is 11.9 Å². The van der Waals surface area contributed by atoms with Gasteiger partial charge in [-0.3, -0.25) is 14.4 Å². The van der Waals surface area contributed by atoms with Gasteiger partial charge in [0, 0.05) is 18.7 Å². The number of nitrogens with one attached hydrogen (secondary N) is 2. The molecule has 0 bridgehead atoms. The number of esters is 1. The quantitative estimate of drug-likeness (QED) is 0.710. The van der Waals surface area contributed by atoms with Crippen LogP contribution in [0, 0.1) is 18.6 Å². The molecule has 2 aromatic rings. The molecule has 0 spiro atoms. The van der Waals surface area contributed by atoms with Crippen molar-refractivity contribution in [3.05, 3.63) is 47.2 Å². The highest BCUT2D eigenvalue weighted by atomic mass is 19.1. The molecule has 144 valence electrons. The van der Waals surface area contributed by atoms with E-state index in [4.69, 9.17) is 9.26 Å². The van der Waals surface area contributed by atoms with E-state index in [1.807, 2.05) is 0 Å². The van der Waals surface area contributed by atoms with Crippen LogP contribution in [-0.4, -0.2) is 35.6 Å². The fourth-order valence-corrected chi connectivity index (χ4v) is 2.01. The Morgan fingerprint density at radius 2 is 2.00 bits per heavy atom. The maximum absolute atomic E-state index is 13.5. The van der Waals surface area contributed by atoms with Gasteiger partial charge in [-0.2, -0.15) is 0 Å². The van der Waals surface area contributed by atoms with E-state index >= 15 is 0 Å². The largest absolute Gasteiger partial charge is 0.452 e. The van der Waals surface area contributed by atoms with E-state index in [0.29, 0.717) is 11.8 Å². The lowest BCUT2D eigenvalue weighted by Crippen LogP contribution is -2.32. The number of rotatable bonds is 7. The minimum Gasteiger partial charge on any atom is -0.452 e. The first kappa shape index (κ1) is 20.0. The van der Waals surface area contributed by atoms with Crippen LogP contribution in [0.15, 0.2) is 28.8 Å². The van der Waals surface area contributed by atoms with Gasteiger partial charge in [0.25, 0.3) is 11.8 Å². The molecular weight excluding hydrogens is 364 g/mol. The van der Waals surface area contributed by atoms with Crippen molar-refractivity contribution in [3.63, 3.8) is 0 Å². The van der Waals surface area contributed by atoms with Crippen LogP contribution in [-0.2, 0) is 14.3 Å². The molecule has 0 aliphatic rings. The maximum atomic E-state index is 13.5. The smallest absolute Gasteiger partial charge is 0.308 e. The van der Waals surface area contributed by atoms with E-state index in [1.54, 1.807) is 6.92 Å². The fourth-order valence-electron chi connectivity index (χ4n) is 2.01. The molecule has 1 unspecified atom stereocenters. The summed E-state index contributed by atoms with van der Waals surface area (Å²) in [6, 6.07) is 4.02. The summed E-state index contributed by atoms with van der Waals surface area (Å²) in [6.45, 7) is 2.87. The van der Waals surface area contributed by atoms with Gasteiger partial charge in [-0.15, -0.1) is 0 Å². The minimum absolute atomic E-state index is 0.148. The minimum atomic E-state index is -1.10. The molecule has 0 aliphatic carbocycles. The third-order valence-electron chi connectivity index (χ3n) is 3.35. The number of nitrogens with zero attached hydrogens (tertiary/aromatic N) is 1. The molecule has 10 heteroatoms. The van der Waals surface area contributed by atoms with Crippen molar-refractivity contribution >= 4 is 23.6 Å². The van der Waals surface area contributed by atoms with Crippen molar-refractivity contribution in [2.45, 2.75) is 26.4 Å². The summed E-state index contributed by atoms with van der Waals surface area (Å²) in [6.07, 6.45) is -1.34. The average Bonchev–Trinajstić information content (AvgIpc) is 2.99. The molecule has 1 aromatic carbocycles. The van der Waals surface area contributed by atoms with E-state index < -0.39 is 35.5 Å². The van der Waals surface area contributed by atoms with Crippen molar-refractivity contribution < 1.29 is 32.4 Å². The molecule has 8 nitrogen and oxygen atoms in total. The monoisotopic (exact) mass is 381 g/mol. The molecule has 1 atom stereocenters. The van der Waals surface area contributed by atoms with Gasteiger partial charge in [0.05, 0.1) is 12.0 Å². The predicted molar refractivity (Wildman–Crippen MR) is 88.7 cm³/mol. The molecular formula is C17H17F2N3O5. The Morgan fingerprint density at radius 1 is 1.26 bits per heavy atom. The molecule has 0 radical (unpaired) electrons. The average molecular weight is 381 g/mol. The van der Waals surface area contributed by atoms with Crippen molar-refractivity contribution in [3.8, 4) is 0 Å². The SMILES string of the molecule is Cc1cc(NC(=O)C(C)OC(=O)CCNC(=O)c2ccc(F)cc2F)no1. The summed E-state index contributed by atoms with van der Waals surface area (Å²) >= 11 is 0. The number of carbonyl (C=O) groups is 3. The van der Waals surface area contributed by atoms with E-state index in [-0.39, 0.29) is 24.3 Å². The normalized spacial score (nSPS) is 11.6. The zero-order valence-corrected chi connectivity index (χ0v) is 14.5. The Balaban J connectivity index is 1.75. The third-order valence-corrected chi connectivity index (χ3v) is 3.35. The van der Waals surface area contributed by atoms with Gasteiger partial charge >= 0.3 is 5.97 Å². The van der Waals surface area contributed by atoms with Gasteiger partial charge < -0.3 is 19.9 Å². The first-order valence-electron chi connectivity index (χ1n) is 7.93. The lowest BCUT2D eigenvalue weighted by molar-refractivity contribution is -0.153. The van der Waals surface area contributed by atoms with Crippen LogP contribution in [0.4, 0.5) is 14.6 Å². The van der Waals surface area contributed by atoms with Gasteiger partial charge in [-0.25, -0.2) is 8.78 Å². The number of ether oxygens (including phenoxy) is 1. The van der Waals surface area contributed by atoms with Crippen LogP contribution in [0.25, 0.3) is 0 Å². The lowest BCUT2D eigenvalue weighted by Gasteiger charge is -2.12. The van der Waals surface area contributed by atoms with Gasteiger partial charge in [0.2, 0.25) is 0 Å². The van der Waals surface area contributed by atoms with Gasteiger partial charge in [-0.1, -0.05) is 5.16 Å². The number of anilines is 1. The fraction of sp³-hybridized carbons (Fsp3) is 0.294. The van der Waals surface area contributed by atoms with Crippen molar-refractivity contribution in [1.29, 1.82) is 0 Å². The number of hydrogen-bond donors (Lipinski definition) is 2. The number of aromatic nitrogens is 1. The molecule has 1 heterocycles. The number of amides is 2. The Kier molecular flexibility index (Phi) is 6.58. The summed E-state index contributed by atoms with van der Waals surface area (Å²) in [5.74, 6) is -3.27. The van der Waals surface area contributed by atoms with Crippen LogP contribution >= 0.6 is 0 Å². The zero-order chi connectivity index (χ0) is 20.0. The van der Waals surface area contributed by atoms with E-state index in [9.17, 15) is 23.2 Å². The van der Waals surface area contributed by atoms with Gasteiger partial charge in [0.15, 0.2) is 11.9 Å². The lowest BCUT2D eigenvalue weighted by atomic mass is 10.2. The van der Waals surface area contributed by atoms with E-state index in [2.05, 4.69) is 15.8 Å². The van der Waals surface area contributed by atoms with E-state index in [0.717, 1.165) is 12.1 Å². The zero-order valence-electron chi connectivity index (χ0n) is 14.5. The van der Waals surface area contributed by atoms with E-state index in [1.165, 1.54) is 13.0 Å². The summed E-state index contributed by atoms with van der Waals surface area (Å²) in [5.41, 5.74) is -0.347. The molecule has 0 saturated carbocycles. The number of carbonyl (C=O) groups excluding carboxylic acids is 3. The highest BCUT2D eigenvalue weighted by Crippen LogP contribution is 2.10. The summed E-state index contributed by atoms with van der Waals surface area (Å²) in [7, 11) is 0. The van der Waals surface area contributed by atoms with Crippen LogP contribution in [0.5, 0.6) is 0 Å².